The van der Waals surface area contributed by atoms with Crippen LogP contribution >= 0.6 is 0 Å². The molecule has 0 bridgehead atoms. The average molecular weight is 389 g/mol. The molecular formula is C23H23N3O3. The van der Waals surface area contributed by atoms with Gasteiger partial charge in [-0.2, -0.15) is 0 Å². The van der Waals surface area contributed by atoms with Gasteiger partial charge in [0, 0.05) is 30.1 Å². The number of aryl methyl sites for hydroxylation is 2. The zero-order valence-electron chi connectivity index (χ0n) is 16.8. The molecule has 1 aliphatic rings. The monoisotopic (exact) mass is 389 g/mol. The van der Waals surface area contributed by atoms with E-state index in [9.17, 15) is 9.59 Å². The van der Waals surface area contributed by atoms with E-state index in [1.165, 1.54) is 0 Å². The molecule has 0 aliphatic carbocycles. The van der Waals surface area contributed by atoms with Crippen molar-refractivity contribution in [2.75, 3.05) is 23.9 Å². The highest BCUT2D eigenvalue weighted by Crippen LogP contribution is 2.34. The van der Waals surface area contributed by atoms with E-state index in [2.05, 4.69) is 10.3 Å². The molecule has 1 aliphatic heterocycles. The lowest BCUT2D eigenvalue weighted by molar-refractivity contribution is -0.117. The molecule has 6 heteroatoms. The molecule has 0 atom stereocenters. The van der Waals surface area contributed by atoms with Gasteiger partial charge in [0.05, 0.1) is 29.6 Å². The van der Waals surface area contributed by atoms with Crippen LogP contribution in [-0.4, -0.2) is 30.5 Å². The fourth-order valence-electron chi connectivity index (χ4n) is 3.68. The molecule has 1 saturated heterocycles. The Bertz CT molecular complexity index is 1120. The molecule has 0 unspecified atom stereocenters. The molecule has 2 amide bonds. The van der Waals surface area contributed by atoms with Crippen molar-refractivity contribution in [2.45, 2.75) is 26.7 Å². The number of methoxy groups -OCH3 is 1. The topological polar surface area (TPSA) is 71.5 Å². The van der Waals surface area contributed by atoms with Crippen molar-refractivity contribution in [3.8, 4) is 5.75 Å². The number of hydrogen-bond acceptors (Lipinski definition) is 4. The number of nitrogens with one attached hydrogen (secondary N) is 1. The number of pyridine rings is 1. The van der Waals surface area contributed by atoms with Gasteiger partial charge in [-0.05, 0) is 50.1 Å². The first-order valence-corrected chi connectivity index (χ1v) is 9.64. The van der Waals surface area contributed by atoms with Crippen LogP contribution in [0.1, 0.15) is 34.5 Å². The zero-order valence-corrected chi connectivity index (χ0v) is 16.8. The van der Waals surface area contributed by atoms with E-state index in [1.807, 2.05) is 44.2 Å². The van der Waals surface area contributed by atoms with Gasteiger partial charge >= 0.3 is 0 Å². The van der Waals surface area contributed by atoms with Crippen molar-refractivity contribution >= 4 is 34.1 Å². The Morgan fingerprint density at radius 3 is 2.69 bits per heavy atom. The number of aromatic nitrogens is 1. The van der Waals surface area contributed by atoms with Gasteiger partial charge in [0.1, 0.15) is 5.75 Å². The van der Waals surface area contributed by atoms with Gasteiger partial charge in [-0.25, -0.2) is 0 Å². The number of hydrogen-bond donors (Lipinski definition) is 1. The molecule has 4 rings (SSSR count). The van der Waals surface area contributed by atoms with Gasteiger partial charge in [0.2, 0.25) is 5.91 Å². The molecule has 3 aromatic rings. The van der Waals surface area contributed by atoms with E-state index < -0.39 is 0 Å². The number of carbonyl (C=O) groups is 2. The minimum absolute atomic E-state index is 0.0909. The van der Waals surface area contributed by atoms with Crippen molar-refractivity contribution in [1.29, 1.82) is 0 Å². The molecular weight excluding hydrogens is 366 g/mol. The third-order valence-electron chi connectivity index (χ3n) is 5.21. The van der Waals surface area contributed by atoms with Crippen molar-refractivity contribution in [3.63, 3.8) is 0 Å². The number of rotatable bonds is 4. The minimum atomic E-state index is -0.232. The van der Waals surface area contributed by atoms with Crippen molar-refractivity contribution in [3.05, 3.63) is 59.3 Å². The maximum Gasteiger partial charge on any atom is 0.257 e. The van der Waals surface area contributed by atoms with Gasteiger partial charge in [-0.3, -0.25) is 14.6 Å². The van der Waals surface area contributed by atoms with Crippen molar-refractivity contribution in [2.24, 2.45) is 0 Å². The summed E-state index contributed by atoms with van der Waals surface area (Å²) < 4.78 is 5.47. The van der Waals surface area contributed by atoms with E-state index in [1.54, 1.807) is 24.1 Å². The summed E-state index contributed by atoms with van der Waals surface area (Å²) in [6.07, 6.45) is 1.39. The number of anilines is 2. The van der Waals surface area contributed by atoms with Gasteiger partial charge in [0.25, 0.3) is 5.91 Å². The Labute approximate surface area is 169 Å². The predicted molar refractivity (Wildman–Crippen MR) is 114 cm³/mol. The van der Waals surface area contributed by atoms with Crippen LogP contribution in [0.25, 0.3) is 10.9 Å². The number of amides is 2. The number of fused-ring (bicyclic) bond motifs is 1. The third kappa shape index (κ3) is 3.66. The second-order valence-corrected chi connectivity index (χ2v) is 7.31. The maximum atomic E-state index is 12.9. The first-order chi connectivity index (χ1) is 14.0. The van der Waals surface area contributed by atoms with E-state index in [0.717, 1.165) is 28.6 Å². The first kappa shape index (κ1) is 18.9. The molecule has 1 aromatic heterocycles. The summed E-state index contributed by atoms with van der Waals surface area (Å²) in [5, 5.41) is 3.84. The molecule has 0 radical (unpaired) electrons. The molecule has 0 spiro atoms. The normalized spacial score (nSPS) is 13.8. The lowest BCUT2D eigenvalue weighted by Crippen LogP contribution is -2.24. The van der Waals surface area contributed by atoms with Gasteiger partial charge in [0.15, 0.2) is 0 Å². The number of benzene rings is 2. The second kappa shape index (κ2) is 7.54. The first-order valence-electron chi connectivity index (χ1n) is 9.64. The highest BCUT2D eigenvalue weighted by molar-refractivity contribution is 6.07. The Hall–Kier alpha value is -3.41. The van der Waals surface area contributed by atoms with Crippen molar-refractivity contribution < 1.29 is 14.3 Å². The second-order valence-electron chi connectivity index (χ2n) is 7.31. The summed E-state index contributed by atoms with van der Waals surface area (Å²) in [4.78, 5) is 31.2. The third-order valence-corrected chi connectivity index (χ3v) is 5.21. The molecule has 1 fully saturated rings. The van der Waals surface area contributed by atoms with Gasteiger partial charge in [-0.15, -0.1) is 0 Å². The van der Waals surface area contributed by atoms with E-state index in [0.29, 0.717) is 35.7 Å². The van der Waals surface area contributed by atoms with E-state index in [4.69, 9.17) is 4.74 Å². The summed E-state index contributed by atoms with van der Waals surface area (Å²) in [7, 11) is 1.56. The number of nitrogens with zero attached hydrogens (tertiary/aromatic N) is 2. The maximum absolute atomic E-state index is 12.9. The minimum Gasteiger partial charge on any atom is -0.494 e. The SMILES string of the molecule is COc1cc(NC(=O)c2cc3ccc(C)cc3nc2C)ccc1N1CCCC1=O. The molecule has 0 saturated carbocycles. The van der Waals surface area contributed by atoms with E-state index >= 15 is 0 Å². The van der Waals surface area contributed by atoms with Crippen LogP contribution in [0.3, 0.4) is 0 Å². The average Bonchev–Trinajstić information content (AvgIpc) is 3.12. The quantitative estimate of drug-likeness (QED) is 0.724. The summed E-state index contributed by atoms with van der Waals surface area (Å²) in [5.74, 6) is 0.416. The molecule has 29 heavy (non-hydrogen) atoms. The molecule has 2 heterocycles. The molecule has 1 N–H and O–H groups in total. The summed E-state index contributed by atoms with van der Waals surface area (Å²) in [6.45, 7) is 4.53. The van der Waals surface area contributed by atoms with Crippen LogP contribution in [0, 0.1) is 13.8 Å². The fraction of sp³-hybridized carbons (Fsp3) is 0.261. The van der Waals surface area contributed by atoms with Crippen LogP contribution in [0.4, 0.5) is 11.4 Å². The Kier molecular flexibility index (Phi) is 4.92. The Morgan fingerprint density at radius 2 is 1.97 bits per heavy atom. The molecule has 2 aromatic carbocycles. The smallest absolute Gasteiger partial charge is 0.257 e. The van der Waals surface area contributed by atoms with Crippen LogP contribution < -0.4 is 15.0 Å². The summed E-state index contributed by atoms with van der Waals surface area (Å²) in [6, 6.07) is 13.2. The summed E-state index contributed by atoms with van der Waals surface area (Å²) in [5.41, 5.74) is 4.54. The van der Waals surface area contributed by atoms with Crippen LogP contribution in [0.15, 0.2) is 42.5 Å². The summed E-state index contributed by atoms with van der Waals surface area (Å²) >= 11 is 0. The largest absolute Gasteiger partial charge is 0.494 e. The van der Waals surface area contributed by atoms with Crippen LogP contribution in [0.2, 0.25) is 0 Å². The highest BCUT2D eigenvalue weighted by atomic mass is 16.5. The lowest BCUT2D eigenvalue weighted by Gasteiger charge is -2.19. The zero-order chi connectivity index (χ0) is 20.5. The Morgan fingerprint density at radius 1 is 1.14 bits per heavy atom. The number of ether oxygens (including phenoxy) is 1. The fourth-order valence-corrected chi connectivity index (χ4v) is 3.68. The van der Waals surface area contributed by atoms with Crippen molar-refractivity contribution in [1.82, 2.24) is 4.98 Å². The van der Waals surface area contributed by atoms with Crippen LogP contribution in [-0.2, 0) is 4.79 Å². The molecule has 148 valence electrons. The predicted octanol–water partition coefficient (Wildman–Crippen LogP) is 4.24. The van der Waals surface area contributed by atoms with E-state index in [-0.39, 0.29) is 11.8 Å². The van der Waals surface area contributed by atoms with Crippen LogP contribution in [0.5, 0.6) is 5.75 Å². The lowest BCUT2D eigenvalue weighted by atomic mass is 10.1. The highest BCUT2D eigenvalue weighted by Gasteiger charge is 2.24. The van der Waals surface area contributed by atoms with Gasteiger partial charge in [-0.1, -0.05) is 12.1 Å². The van der Waals surface area contributed by atoms with Gasteiger partial charge < -0.3 is 15.0 Å². The molecule has 6 nitrogen and oxygen atoms in total. The standard InChI is InChI=1S/C23H23N3O3/c1-14-6-7-16-12-18(15(2)24-19(16)11-14)23(28)25-17-8-9-20(21(13-17)29-3)26-10-4-5-22(26)27/h6-9,11-13H,4-5,10H2,1-3H3,(H,25,28). The number of carbonyl (C=O) groups excluding carboxylic acids is 2. The Balaban J connectivity index is 1.61.